The highest BCUT2D eigenvalue weighted by Gasteiger charge is 2.11. The summed E-state index contributed by atoms with van der Waals surface area (Å²) in [4.78, 5) is 15.3. The summed E-state index contributed by atoms with van der Waals surface area (Å²) in [6.07, 6.45) is 3.76. The number of hydrogen-bond acceptors (Lipinski definition) is 3. The van der Waals surface area contributed by atoms with Crippen molar-refractivity contribution in [3.63, 3.8) is 0 Å². The predicted molar refractivity (Wildman–Crippen MR) is 67.7 cm³/mol. The third-order valence-corrected chi connectivity index (χ3v) is 2.79. The second-order valence-electron chi connectivity index (χ2n) is 4.33. The fraction of sp³-hybridized carbons (Fsp3) is 0.667. The van der Waals surface area contributed by atoms with E-state index in [1.807, 2.05) is 13.8 Å². The maximum Gasteiger partial charge on any atom is 0.319 e. The SMILES string of the molecule is CCC(C)NC(=O)CCNCc1nccn1C(F)F. The molecule has 19 heavy (non-hydrogen) atoms. The molecular formula is C12H20F2N4O. The Balaban J connectivity index is 2.24. The van der Waals surface area contributed by atoms with Crippen LogP contribution >= 0.6 is 0 Å². The summed E-state index contributed by atoms with van der Waals surface area (Å²) in [7, 11) is 0. The summed E-state index contributed by atoms with van der Waals surface area (Å²) in [6.45, 7) is 1.98. The number of amides is 1. The Morgan fingerprint density at radius 1 is 1.53 bits per heavy atom. The Labute approximate surface area is 111 Å². The summed E-state index contributed by atoms with van der Waals surface area (Å²) in [6, 6.07) is 0.158. The van der Waals surface area contributed by atoms with Gasteiger partial charge in [0, 0.05) is 31.4 Å². The van der Waals surface area contributed by atoms with E-state index in [0.29, 0.717) is 13.0 Å². The summed E-state index contributed by atoms with van der Waals surface area (Å²) >= 11 is 0. The van der Waals surface area contributed by atoms with Crippen molar-refractivity contribution in [2.75, 3.05) is 6.54 Å². The van der Waals surface area contributed by atoms with Crippen LogP contribution in [0.1, 0.15) is 39.1 Å². The molecule has 1 atom stereocenters. The van der Waals surface area contributed by atoms with Gasteiger partial charge in [-0.15, -0.1) is 0 Å². The normalized spacial score (nSPS) is 12.7. The molecule has 0 aromatic carbocycles. The minimum atomic E-state index is -2.59. The zero-order valence-corrected chi connectivity index (χ0v) is 11.2. The van der Waals surface area contributed by atoms with E-state index in [2.05, 4.69) is 15.6 Å². The Morgan fingerprint density at radius 3 is 2.89 bits per heavy atom. The van der Waals surface area contributed by atoms with Gasteiger partial charge in [0.25, 0.3) is 0 Å². The van der Waals surface area contributed by atoms with Gasteiger partial charge in [-0.1, -0.05) is 6.92 Å². The van der Waals surface area contributed by atoms with Crippen molar-refractivity contribution in [3.8, 4) is 0 Å². The molecule has 0 saturated carbocycles. The first-order valence-electron chi connectivity index (χ1n) is 6.34. The molecule has 0 aliphatic carbocycles. The molecule has 1 amide bonds. The Hall–Kier alpha value is -1.50. The van der Waals surface area contributed by atoms with Crippen molar-refractivity contribution in [1.29, 1.82) is 0 Å². The molecule has 1 aromatic heterocycles. The molecule has 0 radical (unpaired) electrons. The number of aromatic nitrogens is 2. The number of nitrogens with zero attached hydrogens (tertiary/aromatic N) is 2. The van der Waals surface area contributed by atoms with Gasteiger partial charge in [-0.3, -0.25) is 9.36 Å². The number of rotatable bonds is 8. The highest BCUT2D eigenvalue weighted by atomic mass is 19.3. The van der Waals surface area contributed by atoms with Crippen molar-refractivity contribution in [2.45, 2.75) is 45.8 Å². The van der Waals surface area contributed by atoms with E-state index in [0.717, 1.165) is 11.0 Å². The van der Waals surface area contributed by atoms with E-state index < -0.39 is 6.55 Å². The first kappa shape index (κ1) is 15.6. The maximum atomic E-state index is 12.5. The zero-order chi connectivity index (χ0) is 14.3. The third-order valence-electron chi connectivity index (χ3n) is 2.79. The fourth-order valence-corrected chi connectivity index (χ4v) is 1.51. The average molecular weight is 274 g/mol. The van der Waals surface area contributed by atoms with E-state index in [-0.39, 0.29) is 24.3 Å². The number of alkyl halides is 2. The molecular weight excluding hydrogens is 254 g/mol. The Bertz CT molecular complexity index is 395. The zero-order valence-electron chi connectivity index (χ0n) is 11.2. The summed E-state index contributed by atoms with van der Waals surface area (Å²) in [5, 5.41) is 5.76. The number of halogens is 2. The second kappa shape index (κ2) is 7.83. The minimum absolute atomic E-state index is 0.0425. The van der Waals surface area contributed by atoms with Crippen LogP contribution in [0.25, 0.3) is 0 Å². The molecule has 1 aromatic rings. The predicted octanol–water partition coefficient (Wildman–Crippen LogP) is 1.67. The molecule has 108 valence electrons. The lowest BCUT2D eigenvalue weighted by molar-refractivity contribution is -0.121. The molecule has 0 aliphatic rings. The van der Waals surface area contributed by atoms with E-state index in [4.69, 9.17) is 0 Å². The molecule has 1 rings (SSSR count). The highest BCUT2D eigenvalue weighted by Crippen LogP contribution is 2.11. The number of hydrogen-bond donors (Lipinski definition) is 2. The van der Waals surface area contributed by atoms with Crippen LogP contribution in [0.2, 0.25) is 0 Å². The van der Waals surface area contributed by atoms with Gasteiger partial charge in [-0.2, -0.15) is 8.78 Å². The second-order valence-corrected chi connectivity index (χ2v) is 4.33. The topological polar surface area (TPSA) is 59.0 Å². The quantitative estimate of drug-likeness (QED) is 0.709. The highest BCUT2D eigenvalue weighted by molar-refractivity contribution is 5.76. The van der Waals surface area contributed by atoms with Gasteiger partial charge in [0.05, 0.1) is 6.54 Å². The number of imidazole rings is 1. The van der Waals surface area contributed by atoms with Gasteiger partial charge >= 0.3 is 6.55 Å². The summed E-state index contributed by atoms with van der Waals surface area (Å²) in [5.74, 6) is 0.219. The van der Waals surface area contributed by atoms with Gasteiger partial charge in [0.2, 0.25) is 5.91 Å². The van der Waals surface area contributed by atoms with Gasteiger partial charge in [-0.05, 0) is 13.3 Å². The molecule has 5 nitrogen and oxygen atoms in total. The lowest BCUT2D eigenvalue weighted by Crippen LogP contribution is -2.34. The Kier molecular flexibility index (Phi) is 6.41. The lowest BCUT2D eigenvalue weighted by atomic mass is 10.2. The largest absolute Gasteiger partial charge is 0.354 e. The van der Waals surface area contributed by atoms with Crippen LogP contribution in [-0.2, 0) is 11.3 Å². The van der Waals surface area contributed by atoms with Crippen molar-refractivity contribution in [3.05, 3.63) is 18.2 Å². The van der Waals surface area contributed by atoms with Gasteiger partial charge < -0.3 is 10.6 Å². The molecule has 1 heterocycles. The molecule has 0 aliphatic heterocycles. The first-order chi connectivity index (χ1) is 9.04. The standard InChI is InChI=1S/C12H20F2N4O/c1-3-9(2)17-11(19)4-5-15-8-10-16-6-7-18(10)12(13)14/h6-7,9,12,15H,3-5,8H2,1-2H3,(H,17,19). The number of nitrogens with one attached hydrogen (secondary N) is 2. The number of carbonyl (C=O) groups excluding carboxylic acids is 1. The smallest absolute Gasteiger partial charge is 0.319 e. The van der Waals surface area contributed by atoms with E-state index in [1.165, 1.54) is 12.4 Å². The molecule has 0 fully saturated rings. The molecule has 0 bridgehead atoms. The van der Waals surface area contributed by atoms with E-state index >= 15 is 0 Å². The van der Waals surface area contributed by atoms with E-state index in [9.17, 15) is 13.6 Å². The lowest BCUT2D eigenvalue weighted by Gasteiger charge is -2.11. The van der Waals surface area contributed by atoms with Gasteiger partial charge in [0.1, 0.15) is 5.82 Å². The number of carbonyl (C=O) groups is 1. The van der Waals surface area contributed by atoms with Crippen LogP contribution in [0.3, 0.4) is 0 Å². The van der Waals surface area contributed by atoms with Crippen LogP contribution in [0, 0.1) is 0 Å². The molecule has 7 heteroatoms. The van der Waals surface area contributed by atoms with Crippen molar-refractivity contribution < 1.29 is 13.6 Å². The van der Waals surface area contributed by atoms with Crippen LogP contribution in [0.5, 0.6) is 0 Å². The molecule has 1 unspecified atom stereocenters. The average Bonchev–Trinajstić information content (AvgIpc) is 2.83. The van der Waals surface area contributed by atoms with Crippen LogP contribution in [0.4, 0.5) is 8.78 Å². The van der Waals surface area contributed by atoms with Gasteiger partial charge in [-0.25, -0.2) is 4.98 Å². The molecule has 0 spiro atoms. The van der Waals surface area contributed by atoms with Crippen LogP contribution in [0.15, 0.2) is 12.4 Å². The fourth-order valence-electron chi connectivity index (χ4n) is 1.51. The van der Waals surface area contributed by atoms with Gasteiger partial charge in [0.15, 0.2) is 0 Å². The maximum absolute atomic E-state index is 12.5. The monoisotopic (exact) mass is 274 g/mol. The molecule has 2 N–H and O–H groups in total. The van der Waals surface area contributed by atoms with Crippen LogP contribution in [-0.4, -0.2) is 28.0 Å². The minimum Gasteiger partial charge on any atom is -0.354 e. The first-order valence-corrected chi connectivity index (χ1v) is 6.34. The Morgan fingerprint density at radius 2 is 2.26 bits per heavy atom. The summed E-state index contributed by atoms with van der Waals surface area (Å²) in [5.41, 5.74) is 0. The van der Waals surface area contributed by atoms with Crippen LogP contribution < -0.4 is 10.6 Å². The van der Waals surface area contributed by atoms with Crippen molar-refractivity contribution in [1.82, 2.24) is 20.2 Å². The van der Waals surface area contributed by atoms with E-state index in [1.54, 1.807) is 0 Å². The van der Waals surface area contributed by atoms with Crippen molar-refractivity contribution >= 4 is 5.91 Å². The third kappa shape index (κ3) is 5.34. The molecule has 0 saturated heterocycles. The van der Waals surface area contributed by atoms with Crippen molar-refractivity contribution in [2.24, 2.45) is 0 Å². The summed E-state index contributed by atoms with van der Waals surface area (Å²) < 4.78 is 25.8.